The van der Waals surface area contributed by atoms with Gasteiger partial charge in [-0.05, 0) is 52.9 Å². The summed E-state index contributed by atoms with van der Waals surface area (Å²) in [6.07, 6.45) is -4.46. The molecule has 2 aromatic rings. The van der Waals surface area contributed by atoms with Crippen molar-refractivity contribution in [2.24, 2.45) is 0 Å². The van der Waals surface area contributed by atoms with Crippen LogP contribution in [0, 0.1) is 3.77 Å². The second-order valence-electron chi connectivity index (χ2n) is 3.75. The molecule has 0 aliphatic rings. The zero-order valence-electron chi connectivity index (χ0n) is 9.39. The van der Waals surface area contributed by atoms with E-state index in [0.29, 0.717) is 18.0 Å². The summed E-state index contributed by atoms with van der Waals surface area (Å²) in [5.41, 5.74) is -0.517. The van der Waals surface area contributed by atoms with Crippen LogP contribution in [0.1, 0.15) is 11.3 Å². The van der Waals surface area contributed by atoms with Gasteiger partial charge in [0.05, 0.1) is 17.1 Å². The summed E-state index contributed by atoms with van der Waals surface area (Å²) in [5, 5.41) is 2.54. The van der Waals surface area contributed by atoms with Crippen LogP contribution in [0.2, 0.25) is 5.02 Å². The average molecular weight is 402 g/mol. The minimum Gasteiger partial charge on any atom is -0.454 e. The van der Waals surface area contributed by atoms with Crippen LogP contribution in [0.3, 0.4) is 0 Å². The molecule has 0 fully saturated rings. The van der Waals surface area contributed by atoms with E-state index < -0.39 is 11.7 Å². The Kier molecular flexibility index (Phi) is 4.29. The van der Waals surface area contributed by atoms with E-state index in [1.54, 1.807) is 12.1 Å². The fraction of sp³-hybridized carbons (Fsp3) is 0.167. The van der Waals surface area contributed by atoms with Gasteiger partial charge in [0.15, 0.2) is 3.77 Å². The SMILES string of the molecule is FC(F)(F)c1cc(NCc2ccc(I)o2)ccc1Cl. The number of furan rings is 1. The molecular formula is C12H8ClF3INO. The highest BCUT2D eigenvalue weighted by Crippen LogP contribution is 2.36. The molecule has 2 nitrogen and oxygen atoms in total. The molecule has 0 aliphatic heterocycles. The molecular weight excluding hydrogens is 393 g/mol. The van der Waals surface area contributed by atoms with Crippen LogP contribution in [0.15, 0.2) is 34.7 Å². The van der Waals surface area contributed by atoms with Crippen LogP contribution >= 0.6 is 34.2 Å². The lowest BCUT2D eigenvalue weighted by molar-refractivity contribution is -0.137. The van der Waals surface area contributed by atoms with Crippen molar-refractivity contribution in [1.82, 2.24) is 0 Å². The van der Waals surface area contributed by atoms with Crippen LogP contribution < -0.4 is 5.32 Å². The monoisotopic (exact) mass is 401 g/mol. The van der Waals surface area contributed by atoms with E-state index in [-0.39, 0.29) is 5.02 Å². The van der Waals surface area contributed by atoms with E-state index in [9.17, 15) is 13.2 Å². The van der Waals surface area contributed by atoms with Gasteiger partial charge in [0.25, 0.3) is 0 Å². The first-order valence-electron chi connectivity index (χ1n) is 5.21. The fourth-order valence-corrected chi connectivity index (χ4v) is 2.18. The van der Waals surface area contributed by atoms with Gasteiger partial charge in [-0.2, -0.15) is 13.2 Å². The molecule has 1 aromatic heterocycles. The molecule has 0 bridgehead atoms. The molecule has 0 saturated carbocycles. The number of hydrogen-bond acceptors (Lipinski definition) is 2. The minimum atomic E-state index is -4.46. The van der Waals surface area contributed by atoms with E-state index in [1.807, 2.05) is 22.6 Å². The van der Waals surface area contributed by atoms with Crippen molar-refractivity contribution in [2.45, 2.75) is 12.7 Å². The lowest BCUT2D eigenvalue weighted by Crippen LogP contribution is -2.07. The molecule has 0 amide bonds. The van der Waals surface area contributed by atoms with Crippen molar-refractivity contribution in [3.05, 3.63) is 50.4 Å². The number of anilines is 1. The largest absolute Gasteiger partial charge is 0.454 e. The predicted molar refractivity (Wildman–Crippen MR) is 75.2 cm³/mol. The van der Waals surface area contributed by atoms with Gasteiger partial charge in [-0.3, -0.25) is 0 Å². The number of alkyl halides is 3. The van der Waals surface area contributed by atoms with Crippen LogP contribution in [0.25, 0.3) is 0 Å². The van der Waals surface area contributed by atoms with Gasteiger partial charge in [-0.15, -0.1) is 0 Å². The van der Waals surface area contributed by atoms with Crippen LogP contribution in [0.5, 0.6) is 0 Å². The maximum absolute atomic E-state index is 12.7. The van der Waals surface area contributed by atoms with Crippen molar-refractivity contribution in [2.75, 3.05) is 5.32 Å². The third-order valence-electron chi connectivity index (χ3n) is 2.37. The molecule has 102 valence electrons. The van der Waals surface area contributed by atoms with Gasteiger partial charge in [0, 0.05) is 5.69 Å². The summed E-state index contributed by atoms with van der Waals surface area (Å²) in [4.78, 5) is 0. The molecule has 1 N–H and O–H groups in total. The molecule has 0 saturated heterocycles. The fourth-order valence-electron chi connectivity index (χ4n) is 1.49. The number of nitrogens with one attached hydrogen (secondary N) is 1. The first-order valence-corrected chi connectivity index (χ1v) is 6.67. The zero-order valence-corrected chi connectivity index (χ0v) is 12.3. The quantitative estimate of drug-likeness (QED) is 0.718. The smallest absolute Gasteiger partial charge is 0.417 e. The lowest BCUT2D eigenvalue weighted by Gasteiger charge is -2.11. The Morgan fingerprint density at radius 2 is 1.95 bits per heavy atom. The summed E-state index contributed by atoms with van der Waals surface area (Å²) in [6.45, 7) is 0.307. The second-order valence-corrected chi connectivity index (χ2v) is 5.22. The Morgan fingerprint density at radius 1 is 1.21 bits per heavy atom. The van der Waals surface area contributed by atoms with Crippen molar-refractivity contribution >= 4 is 39.9 Å². The Labute approximate surface area is 126 Å². The first-order chi connectivity index (χ1) is 8.86. The number of halogens is 5. The van der Waals surface area contributed by atoms with E-state index in [4.69, 9.17) is 16.0 Å². The molecule has 0 unspecified atom stereocenters. The molecule has 19 heavy (non-hydrogen) atoms. The van der Waals surface area contributed by atoms with E-state index in [2.05, 4.69) is 5.32 Å². The maximum Gasteiger partial charge on any atom is 0.417 e. The predicted octanol–water partition coefficient (Wildman–Crippen LogP) is 5.17. The van der Waals surface area contributed by atoms with Crippen molar-refractivity contribution < 1.29 is 17.6 Å². The second kappa shape index (κ2) is 5.62. The Morgan fingerprint density at radius 3 is 2.53 bits per heavy atom. The zero-order chi connectivity index (χ0) is 14.0. The van der Waals surface area contributed by atoms with Crippen molar-refractivity contribution in [3.8, 4) is 0 Å². The third kappa shape index (κ3) is 3.79. The van der Waals surface area contributed by atoms with Gasteiger partial charge in [-0.25, -0.2) is 0 Å². The number of hydrogen-bond donors (Lipinski definition) is 1. The highest BCUT2D eigenvalue weighted by molar-refractivity contribution is 14.1. The van der Waals surface area contributed by atoms with E-state index >= 15 is 0 Å². The van der Waals surface area contributed by atoms with Crippen LogP contribution in [-0.4, -0.2) is 0 Å². The molecule has 0 spiro atoms. The van der Waals surface area contributed by atoms with Crippen LogP contribution in [-0.2, 0) is 12.7 Å². The summed E-state index contributed by atoms with van der Waals surface area (Å²) >= 11 is 7.55. The van der Waals surface area contributed by atoms with E-state index in [1.165, 1.54) is 12.1 Å². The van der Waals surface area contributed by atoms with Gasteiger partial charge in [0.2, 0.25) is 0 Å². The highest BCUT2D eigenvalue weighted by Gasteiger charge is 2.33. The highest BCUT2D eigenvalue weighted by atomic mass is 127. The van der Waals surface area contributed by atoms with Gasteiger partial charge >= 0.3 is 6.18 Å². The molecule has 0 radical (unpaired) electrons. The molecule has 1 aromatic carbocycles. The minimum absolute atomic E-state index is 0.307. The summed E-state index contributed by atoms with van der Waals surface area (Å²) in [7, 11) is 0. The summed E-state index contributed by atoms with van der Waals surface area (Å²) in [6, 6.07) is 7.23. The molecule has 0 aliphatic carbocycles. The average Bonchev–Trinajstić information content (AvgIpc) is 2.72. The van der Waals surface area contributed by atoms with Crippen molar-refractivity contribution in [3.63, 3.8) is 0 Å². The lowest BCUT2D eigenvalue weighted by atomic mass is 10.2. The molecule has 1 heterocycles. The Bertz CT molecular complexity index is 583. The summed E-state index contributed by atoms with van der Waals surface area (Å²) in [5.74, 6) is 0.646. The first kappa shape index (κ1) is 14.5. The van der Waals surface area contributed by atoms with E-state index in [0.717, 1.165) is 9.83 Å². The van der Waals surface area contributed by atoms with Gasteiger partial charge < -0.3 is 9.73 Å². The third-order valence-corrected chi connectivity index (χ3v) is 3.28. The molecule has 2 rings (SSSR count). The number of benzene rings is 1. The van der Waals surface area contributed by atoms with Gasteiger partial charge in [-0.1, -0.05) is 11.6 Å². The topological polar surface area (TPSA) is 25.2 Å². The maximum atomic E-state index is 12.7. The standard InChI is InChI=1S/C12H8ClF3INO/c13-10-3-1-7(5-9(10)12(14,15)16)18-6-8-2-4-11(17)19-8/h1-5,18H,6H2. The van der Waals surface area contributed by atoms with Crippen LogP contribution in [0.4, 0.5) is 18.9 Å². The Balaban J connectivity index is 2.13. The summed E-state index contributed by atoms with van der Waals surface area (Å²) < 4.78 is 44.0. The van der Waals surface area contributed by atoms with Gasteiger partial charge in [0.1, 0.15) is 5.76 Å². The molecule has 0 atom stereocenters. The molecule has 7 heteroatoms. The number of rotatable bonds is 3. The Hall–Kier alpha value is -0.890. The van der Waals surface area contributed by atoms with Crippen molar-refractivity contribution in [1.29, 1.82) is 0 Å². The normalized spacial score (nSPS) is 11.6.